The molecule has 3 aromatic carbocycles. The van der Waals surface area contributed by atoms with E-state index in [2.05, 4.69) is 4.90 Å². The van der Waals surface area contributed by atoms with Crippen LogP contribution in [0.5, 0.6) is 11.5 Å². The molecule has 2 aliphatic heterocycles. The van der Waals surface area contributed by atoms with Gasteiger partial charge in [0.25, 0.3) is 0 Å². The molecule has 5 rings (SSSR count). The fraction of sp³-hybridized carbons (Fsp3) is 0.364. The summed E-state index contributed by atoms with van der Waals surface area (Å²) in [7, 11) is 1.61. The van der Waals surface area contributed by atoms with Gasteiger partial charge < -0.3 is 14.4 Å². The molecule has 3 aromatic rings. The van der Waals surface area contributed by atoms with E-state index in [4.69, 9.17) is 37.7 Å². The van der Waals surface area contributed by atoms with Gasteiger partial charge >= 0.3 is 6.03 Å². The first-order valence-corrected chi connectivity index (χ1v) is 15.1. The number of methoxy groups -OCH3 is 1. The number of nitrogens with zero attached hydrogens (tertiary/aromatic N) is 4. The summed E-state index contributed by atoms with van der Waals surface area (Å²) in [6.45, 7) is 8.09. The molecular weight excluding hydrogens is 587 g/mol. The van der Waals surface area contributed by atoms with Crippen LogP contribution in [-0.2, 0) is 4.79 Å². The van der Waals surface area contributed by atoms with Crippen molar-refractivity contribution in [2.45, 2.75) is 39.0 Å². The highest BCUT2D eigenvalue weighted by Crippen LogP contribution is 2.46. The third-order valence-electron chi connectivity index (χ3n) is 7.58. The van der Waals surface area contributed by atoms with Gasteiger partial charge in [-0.2, -0.15) is 0 Å². The molecule has 1 fully saturated rings. The minimum absolute atomic E-state index is 0.111. The highest BCUT2D eigenvalue weighted by Gasteiger charge is 2.45. The average Bonchev–Trinajstić information content (AvgIpc) is 3.37. The molecule has 0 radical (unpaired) electrons. The number of rotatable bonds is 8. The van der Waals surface area contributed by atoms with Gasteiger partial charge in [-0.1, -0.05) is 47.5 Å². The van der Waals surface area contributed by atoms with Gasteiger partial charge in [-0.05, 0) is 68.3 Å². The van der Waals surface area contributed by atoms with E-state index in [1.54, 1.807) is 18.9 Å². The van der Waals surface area contributed by atoms with Crippen molar-refractivity contribution in [3.05, 3.63) is 93.5 Å². The summed E-state index contributed by atoms with van der Waals surface area (Å²) < 4.78 is 11.8. The molecule has 0 N–H and O–H groups in total. The molecule has 0 bridgehead atoms. The second-order valence-electron chi connectivity index (χ2n) is 11.1. The van der Waals surface area contributed by atoms with Crippen LogP contribution in [0.4, 0.5) is 4.79 Å². The van der Waals surface area contributed by atoms with Crippen molar-refractivity contribution in [3.63, 3.8) is 0 Å². The number of amides is 2. The second kappa shape index (κ2) is 13.4. The van der Waals surface area contributed by atoms with Gasteiger partial charge in [0, 0.05) is 42.3 Å². The second-order valence-corrected chi connectivity index (χ2v) is 12.0. The van der Waals surface area contributed by atoms with Crippen molar-refractivity contribution in [1.82, 2.24) is 14.7 Å². The highest BCUT2D eigenvalue weighted by atomic mass is 35.5. The Morgan fingerprint density at radius 3 is 2.07 bits per heavy atom. The summed E-state index contributed by atoms with van der Waals surface area (Å²) in [5.41, 5.74) is 2.50. The van der Waals surface area contributed by atoms with E-state index < -0.39 is 12.1 Å². The fourth-order valence-electron chi connectivity index (χ4n) is 5.58. The predicted molar refractivity (Wildman–Crippen MR) is 170 cm³/mol. The van der Waals surface area contributed by atoms with Crippen LogP contribution in [0, 0.1) is 0 Å². The molecule has 0 spiro atoms. The molecule has 0 saturated carbocycles. The number of piperazine rings is 1. The lowest BCUT2D eigenvalue weighted by molar-refractivity contribution is -0.118. The SMILES string of the molecule is COc1ccc(C2=NC(c3ccc(Cl)cc3)C(c3ccc(Cl)cc3)N2C(=O)N2CCN(CC(C)=O)CC2)c(OC(C)C)c1. The van der Waals surface area contributed by atoms with Gasteiger partial charge in [0.15, 0.2) is 0 Å². The molecule has 0 aromatic heterocycles. The first kappa shape index (κ1) is 30.9. The number of ether oxygens (including phenoxy) is 2. The van der Waals surface area contributed by atoms with E-state index in [1.165, 1.54) is 0 Å². The number of benzene rings is 3. The Labute approximate surface area is 262 Å². The normalized spacial score (nSPS) is 19.0. The zero-order chi connectivity index (χ0) is 30.7. The van der Waals surface area contributed by atoms with E-state index >= 15 is 0 Å². The molecule has 2 aliphatic rings. The predicted octanol–water partition coefficient (Wildman–Crippen LogP) is 6.66. The molecule has 2 unspecified atom stereocenters. The number of hydrogen-bond donors (Lipinski definition) is 0. The van der Waals surface area contributed by atoms with Crippen LogP contribution in [-0.4, -0.2) is 78.3 Å². The average molecular weight is 624 g/mol. The summed E-state index contributed by atoms with van der Waals surface area (Å²) in [6.07, 6.45) is -0.120. The number of carbonyl (C=O) groups is 2. The Bertz CT molecular complexity index is 1490. The largest absolute Gasteiger partial charge is 0.497 e. The zero-order valence-electron chi connectivity index (χ0n) is 24.8. The van der Waals surface area contributed by atoms with Crippen LogP contribution in [0.15, 0.2) is 71.7 Å². The topological polar surface area (TPSA) is 74.7 Å². The maximum atomic E-state index is 14.6. The summed E-state index contributed by atoms with van der Waals surface area (Å²) in [5, 5.41) is 1.22. The van der Waals surface area contributed by atoms with E-state index in [9.17, 15) is 9.59 Å². The molecule has 2 atom stereocenters. The lowest BCUT2D eigenvalue weighted by Crippen LogP contribution is -2.54. The van der Waals surface area contributed by atoms with Crippen LogP contribution >= 0.6 is 23.2 Å². The van der Waals surface area contributed by atoms with Crippen LogP contribution < -0.4 is 9.47 Å². The van der Waals surface area contributed by atoms with Crippen molar-refractivity contribution < 1.29 is 19.1 Å². The lowest BCUT2D eigenvalue weighted by Gasteiger charge is -2.39. The highest BCUT2D eigenvalue weighted by molar-refractivity contribution is 6.30. The number of Topliss-reactive ketones (excluding diaryl/α,β-unsaturated/α-hetero) is 1. The third kappa shape index (κ3) is 6.98. The Morgan fingerprint density at radius 1 is 0.907 bits per heavy atom. The van der Waals surface area contributed by atoms with Crippen LogP contribution in [0.25, 0.3) is 0 Å². The summed E-state index contributed by atoms with van der Waals surface area (Å²) >= 11 is 12.6. The van der Waals surface area contributed by atoms with E-state index in [0.29, 0.717) is 65.7 Å². The molecule has 10 heteroatoms. The smallest absolute Gasteiger partial charge is 0.326 e. The standard InChI is InChI=1S/C33H36Cl2N4O4/c1-21(2)43-29-19-27(42-4)13-14-28(29)32-36-30(23-5-9-25(34)10-6-23)31(24-7-11-26(35)12-8-24)39(32)33(41)38-17-15-37(16-18-38)20-22(3)40/h5-14,19,21,30-31H,15-18,20H2,1-4H3. The Morgan fingerprint density at radius 2 is 1.51 bits per heavy atom. The minimum Gasteiger partial charge on any atom is -0.497 e. The number of amidine groups is 1. The first-order valence-electron chi connectivity index (χ1n) is 14.4. The van der Waals surface area contributed by atoms with Gasteiger partial charge in [-0.25, -0.2) is 4.79 Å². The van der Waals surface area contributed by atoms with E-state index in [0.717, 1.165) is 11.1 Å². The van der Waals surface area contributed by atoms with Crippen molar-refractivity contribution in [2.75, 3.05) is 39.8 Å². The Balaban J connectivity index is 1.63. The summed E-state index contributed by atoms with van der Waals surface area (Å²) in [4.78, 5) is 37.3. The van der Waals surface area contributed by atoms with E-state index in [1.807, 2.05) is 85.5 Å². The zero-order valence-corrected chi connectivity index (χ0v) is 26.3. The molecule has 1 saturated heterocycles. The number of halogens is 2. The van der Waals surface area contributed by atoms with E-state index in [-0.39, 0.29) is 17.9 Å². The van der Waals surface area contributed by atoms with Gasteiger partial charge in [-0.3, -0.25) is 19.6 Å². The Kier molecular flexibility index (Phi) is 9.59. The number of aliphatic imine (C=N–C) groups is 1. The third-order valence-corrected chi connectivity index (χ3v) is 8.08. The summed E-state index contributed by atoms with van der Waals surface area (Å²) in [6, 6.07) is 19.6. The molecule has 43 heavy (non-hydrogen) atoms. The van der Waals surface area contributed by atoms with Gasteiger partial charge in [0.05, 0.1) is 31.4 Å². The number of carbonyl (C=O) groups excluding carboxylic acids is 2. The molecule has 2 amide bonds. The van der Waals surface area contributed by atoms with Crippen molar-refractivity contribution in [1.29, 1.82) is 0 Å². The first-order chi connectivity index (χ1) is 20.6. The summed E-state index contributed by atoms with van der Waals surface area (Å²) in [5.74, 6) is 1.83. The number of urea groups is 1. The maximum absolute atomic E-state index is 14.6. The molecule has 8 nitrogen and oxygen atoms in total. The molecular formula is C33H36Cl2N4O4. The van der Waals surface area contributed by atoms with Gasteiger partial charge in [0.2, 0.25) is 0 Å². The van der Waals surface area contributed by atoms with Crippen LogP contribution in [0.1, 0.15) is 49.5 Å². The number of hydrogen-bond acceptors (Lipinski definition) is 6. The molecule has 2 heterocycles. The van der Waals surface area contributed by atoms with Crippen molar-refractivity contribution in [2.24, 2.45) is 4.99 Å². The van der Waals surface area contributed by atoms with Crippen LogP contribution in [0.2, 0.25) is 10.0 Å². The van der Waals surface area contributed by atoms with Gasteiger partial charge in [-0.15, -0.1) is 0 Å². The van der Waals surface area contributed by atoms with Crippen molar-refractivity contribution >= 4 is 40.9 Å². The minimum atomic E-state index is -0.467. The monoisotopic (exact) mass is 622 g/mol. The van der Waals surface area contributed by atoms with Crippen molar-refractivity contribution in [3.8, 4) is 11.5 Å². The number of ketones is 1. The Hall–Kier alpha value is -3.59. The van der Waals surface area contributed by atoms with Gasteiger partial charge in [0.1, 0.15) is 29.2 Å². The maximum Gasteiger partial charge on any atom is 0.326 e. The molecule has 0 aliphatic carbocycles. The van der Waals surface area contributed by atoms with Crippen LogP contribution in [0.3, 0.4) is 0 Å². The fourth-order valence-corrected chi connectivity index (χ4v) is 5.84. The molecule has 226 valence electrons. The lowest BCUT2D eigenvalue weighted by atomic mass is 9.93. The quantitative estimate of drug-likeness (QED) is 0.281.